The number of amides is 1. The van der Waals surface area contributed by atoms with Gasteiger partial charge in [-0.15, -0.1) is 0 Å². The number of phenolic OH excluding ortho intramolecular Hbond substituents is 2. The fourth-order valence-corrected chi connectivity index (χ4v) is 1.37. The molecule has 0 aliphatic heterocycles. The molecule has 0 bridgehead atoms. The molecule has 0 fully saturated rings. The zero-order valence-corrected chi connectivity index (χ0v) is 9.86. The highest BCUT2D eigenvalue weighted by atomic mass is 16.3. The van der Waals surface area contributed by atoms with Gasteiger partial charge < -0.3 is 20.8 Å². The smallest absolute Gasteiger partial charge is 0.255 e. The predicted octanol–water partition coefficient (Wildman–Crippen LogP) is 0.827. The molecule has 1 amide bonds. The summed E-state index contributed by atoms with van der Waals surface area (Å²) in [5.74, 6) is -0.574. The first kappa shape index (κ1) is 13.3. The van der Waals surface area contributed by atoms with Gasteiger partial charge in [-0.05, 0) is 31.2 Å². The Morgan fingerprint density at radius 2 is 2.00 bits per heavy atom. The van der Waals surface area contributed by atoms with E-state index in [1.165, 1.54) is 18.2 Å². The Labute approximate surface area is 100 Å². The third-order valence-corrected chi connectivity index (χ3v) is 2.24. The molecular formula is C12H18N2O3. The lowest BCUT2D eigenvalue weighted by Crippen LogP contribution is -2.32. The Morgan fingerprint density at radius 1 is 1.24 bits per heavy atom. The standard InChI is InChI=1S/C12H18N2O3/c1-2-5-13-6-7-14-12(17)10-8-9(15)3-4-11(10)16/h3-4,8,13,15-16H,2,5-7H2,1H3,(H,14,17). The molecule has 0 saturated heterocycles. The summed E-state index contributed by atoms with van der Waals surface area (Å²) < 4.78 is 0. The SMILES string of the molecule is CCCNCCNC(=O)c1cc(O)ccc1O. The van der Waals surface area contributed by atoms with Crippen molar-refractivity contribution in [2.45, 2.75) is 13.3 Å². The first-order valence-electron chi connectivity index (χ1n) is 5.66. The van der Waals surface area contributed by atoms with Crippen LogP contribution in [0.4, 0.5) is 0 Å². The minimum atomic E-state index is -0.392. The van der Waals surface area contributed by atoms with Crippen LogP contribution in [-0.4, -0.2) is 35.8 Å². The summed E-state index contributed by atoms with van der Waals surface area (Å²) in [6, 6.07) is 3.86. The van der Waals surface area contributed by atoms with E-state index in [2.05, 4.69) is 17.6 Å². The van der Waals surface area contributed by atoms with E-state index in [4.69, 9.17) is 0 Å². The molecular weight excluding hydrogens is 220 g/mol. The number of rotatable bonds is 6. The average Bonchev–Trinajstić information content (AvgIpc) is 2.32. The summed E-state index contributed by atoms with van der Waals surface area (Å²) in [6.45, 7) is 4.14. The number of carbonyl (C=O) groups excluding carboxylic acids is 1. The van der Waals surface area contributed by atoms with Gasteiger partial charge in [0.25, 0.3) is 5.91 Å². The minimum Gasteiger partial charge on any atom is -0.508 e. The van der Waals surface area contributed by atoms with Crippen LogP contribution in [-0.2, 0) is 0 Å². The van der Waals surface area contributed by atoms with Crippen LogP contribution in [0, 0.1) is 0 Å². The molecule has 0 aliphatic rings. The zero-order chi connectivity index (χ0) is 12.7. The molecule has 0 spiro atoms. The summed E-state index contributed by atoms with van der Waals surface area (Å²) in [6.07, 6.45) is 1.04. The van der Waals surface area contributed by atoms with Crippen molar-refractivity contribution in [1.82, 2.24) is 10.6 Å². The Hall–Kier alpha value is -1.75. The van der Waals surface area contributed by atoms with E-state index < -0.39 is 5.91 Å². The normalized spacial score (nSPS) is 10.2. The summed E-state index contributed by atoms with van der Waals surface area (Å²) >= 11 is 0. The van der Waals surface area contributed by atoms with Crippen LogP contribution >= 0.6 is 0 Å². The number of carbonyl (C=O) groups is 1. The molecule has 0 radical (unpaired) electrons. The van der Waals surface area contributed by atoms with E-state index >= 15 is 0 Å². The van der Waals surface area contributed by atoms with Crippen molar-refractivity contribution < 1.29 is 15.0 Å². The molecule has 0 unspecified atom stereocenters. The molecule has 0 heterocycles. The minimum absolute atomic E-state index is 0.0444. The number of nitrogens with one attached hydrogen (secondary N) is 2. The fraction of sp³-hybridized carbons (Fsp3) is 0.417. The van der Waals surface area contributed by atoms with Crippen molar-refractivity contribution in [2.24, 2.45) is 0 Å². The highest BCUT2D eigenvalue weighted by Crippen LogP contribution is 2.21. The molecule has 0 atom stereocenters. The second-order valence-electron chi connectivity index (χ2n) is 3.71. The van der Waals surface area contributed by atoms with E-state index in [1.54, 1.807) is 0 Å². The summed E-state index contributed by atoms with van der Waals surface area (Å²) in [7, 11) is 0. The zero-order valence-electron chi connectivity index (χ0n) is 9.86. The Morgan fingerprint density at radius 3 is 2.71 bits per heavy atom. The highest BCUT2D eigenvalue weighted by molar-refractivity contribution is 5.97. The molecule has 0 aliphatic carbocycles. The van der Waals surface area contributed by atoms with Gasteiger partial charge in [0, 0.05) is 13.1 Å². The van der Waals surface area contributed by atoms with Gasteiger partial charge in [-0.1, -0.05) is 6.92 Å². The second kappa shape index (κ2) is 6.75. The van der Waals surface area contributed by atoms with Crippen LogP contribution in [0.25, 0.3) is 0 Å². The third kappa shape index (κ3) is 4.32. The lowest BCUT2D eigenvalue weighted by atomic mass is 10.2. The molecule has 4 N–H and O–H groups in total. The van der Waals surface area contributed by atoms with Crippen molar-refractivity contribution in [3.63, 3.8) is 0 Å². The van der Waals surface area contributed by atoms with E-state index in [-0.39, 0.29) is 17.1 Å². The Bertz CT molecular complexity index is 380. The maximum absolute atomic E-state index is 11.6. The molecule has 0 saturated carbocycles. The first-order valence-corrected chi connectivity index (χ1v) is 5.66. The van der Waals surface area contributed by atoms with Gasteiger partial charge in [0.05, 0.1) is 5.56 Å². The van der Waals surface area contributed by atoms with Crippen LogP contribution in [0.5, 0.6) is 11.5 Å². The summed E-state index contributed by atoms with van der Waals surface area (Å²) in [5.41, 5.74) is 0.0838. The third-order valence-electron chi connectivity index (χ3n) is 2.24. The van der Waals surface area contributed by atoms with Crippen LogP contribution in [0.2, 0.25) is 0 Å². The Kier molecular flexibility index (Phi) is 5.29. The second-order valence-corrected chi connectivity index (χ2v) is 3.71. The molecule has 0 aromatic heterocycles. The van der Waals surface area contributed by atoms with Crippen LogP contribution in [0.15, 0.2) is 18.2 Å². The monoisotopic (exact) mass is 238 g/mol. The van der Waals surface area contributed by atoms with Crippen molar-refractivity contribution in [3.8, 4) is 11.5 Å². The number of benzene rings is 1. The lowest BCUT2D eigenvalue weighted by Gasteiger charge is -2.07. The van der Waals surface area contributed by atoms with Gasteiger partial charge in [0.1, 0.15) is 11.5 Å². The van der Waals surface area contributed by atoms with E-state index in [0.29, 0.717) is 13.1 Å². The topological polar surface area (TPSA) is 81.6 Å². The van der Waals surface area contributed by atoms with Crippen molar-refractivity contribution in [1.29, 1.82) is 0 Å². The first-order chi connectivity index (χ1) is 8.15. The summed E-state index contributed by atoms with van der Waals surface area (Å²) in [5, 5.41) is 24.5. The van der Waals surface area contributed by atoms with Gasteiger partial charge in [0.15, 0.2) is 0 Å². The molecule has 5 heteroatoms. The Balaban J connectivity index is 2.44. The lowest BCUT2D eigenvalue weighted by molar-refractivity contribution is 0.0951. The number of aromatic hydroxyl groups is 2. The van der Waals surface area contributed by atoms with E-state index in [1.807, 2.05) is 0 Å². The molecule has 17 heavy (non-hydrogen) atoms. The maximum Gasteiger partial charge on any atom is 0.255 e. The molecule has 94 valence electrons. The van der Waals surface area contributed by atoms with Crippen molar-refractivity contribution in [3.05, 3.63) is 23.8 Å². The van der Waals surface area contributed by atoms with Crippen LogP contribution < -0.4 is 10.6 Å². The van der Waals surface area contributed by atoms with Gasteiger partial charge >= 0.3 is 0 Å². The maximum atomic E-state index is 11.6. The molecule has 5 nitrogen and oxygen atoms in total. The quantitative estimate of drug-likeness (QED) is 0.437. The largest absolute Gasteiger partial charge is 0.508 e. The van der Waals surface area contributed by atoms with E-state index in [9.17, 15) is 15.0 Å². The van der Waals surface area contributed by atoms with Gasteiger partial charge in [-0.2, -0.15) is 0 Å². The van der Waals surface area contributed by atoms with Gasteiger partial charge in [-0.25, -0.2) is 0 Å². The van der Waals surface area contributed by atoms with Gasteiger partial charge in [0.2, 0.25) is 0 Å². The fourth-order valence-electron chi connectivity index (χ4n) is 1.37. The predicted molar refractivity (Wildman–Crippen MR) is 65.3 cm³/mol. The van der Waals surface area contributed by atoms with Gasteiger partial charge in [-0.3, -0.25) is 4.79 Å². The highest BCUT2D eigenvalue weighted by Gasteiger charge is 2.10. The number of hydrogen-bond donors (Lipinski definition) is 4. The van der Waals surface area contributed by atoms with Crippen molar-refractivity contribution >= 4 is 5.91 Å². The van der Waals surface area contributed by atoms with Crippen molar-refractivity contribution in [2.75, 3.05) is 19.6 Å². The summed E-state index contributed by atoms with van der Waals surface area (Å²) in [4.78, 5) is 11.6. The average molecular weight is 238 g/mol. The molecule has 1 aromatic carbocycles. The van der Waals surface area contributed by atoms with Crippen LogP contribution in [0.1, 0.15) is 23.7 Å². The molecule has 1 rings (SSSR count). The van der Waals surface area contributed by atoms with Crippen LogP contribution in [0.3, 0.4) is 0 Å². The number of phenols is 2. The van der Waals surface area contributed by atoms with E-state index in [0.717, 1.165) is 13.0 Å². The molecule has 1 aromatic rings. The number of hydrogen-bond acceptors (Lipinski definition) is 4.